The Kier molecular flexibility index (Phi) is 7.96. The molecule has 1 N–H and O–H groups in total. The number of amides is 1. The number of hydrogen-bond donors (Lipinski definition) is 1. The Bertz CT molecular complexity index is 1210. The van der Waals surface area contributed by atoms with Crippen molar-refractivity contribution in [2.75, 3.05) is 29.4 Å². The summed E-state index contributed by atoms with van der Waals surface area (Å²) in [6, 6.07) is 20.6. The molecule has 0 unspecified atom stereocenters. The van der Waals surface area contributed by atoms with E-state index in [4.69, 9.17) is 4.74 Å². The van der Waals surface area contributed by atoms with E-state index in [0.29, 0.717) is 11.4 Å². The Balaban J connectivity index is 1.76. The lowest BCUT2D eigenvalue weighted by Crippen LogP contribution is -2.39. The second-order valence-electron chi connectivity index (χ2n) is 8.22. The maximum Gasteiger partial charge on any atom is 0.264 e. The lowest BCUT2D eigenvalue weighted by Gasteiger charge is -2.27. The quantitative estimate of drug-likeness (QED) is 0.500. The number of anilines is 2. The van der Waals surface area contributed by atoms with Gasteiger partial charge in [-0.05, 0) is 62.4 Å². The van der Waals surface area contributed by atoms with E-state index in [-0.39, 0.29) is 24.0 Å². The lowest BCUT2D eigenvalue weighted by atomic mass is 10.2. The van der Waals surface area contributed by atoms with Crippen LogP contribution in [0.2, 0.25) is 0 Å². The molecule has 3 rings (SSSR count). The fraction of sp³-hybridized carbons (Fsp3) is 0.269. The van der Waals surface area contributed by atoms with Gasteiger partial charge in [0.05, 0.1) is 17.1 Å². The third kappa shape index (κ3) is 6.15. The summed E-state index contributed by atoms with van der Waals surface area (Å²) < 4.78 is 33.8. The maximum atomic E-state index is 13.4. The van der Waals surface area contributed by atoms with Gasteiger partial charge in [-0.1, -0.05) is 35.4 Å². The molecule has 0 aromatic heterocycles. The predicted octanol–water partition coefficient (Wildman–Crippen LogP) is 3.92. The zero-order chi connectivity index (χ0) is 24.9. The Morgan fingerprint density at radius 3 is 1.91 bits per heavy atom. The summed E-state index contributed by atoms with van der Waals surface area (Å²) in [7, 11) is -2.23. The van der Waals surface area contributed by atoms with E-state index in [2.05, 4.69) is 0 Å². The van der Waals surface area contributed by atoms with Gasteiger partial charge in [0.25, 0.3) is 10.0 Å². The summed E-state index contributed by atoms with van der Waals surface area (Å²) in [4.78, 5) is 13.1. The highest BCUT2D eigenvalue weighted by Gasteiger charge is 2.27. The molecule has 1 amide bonds. The van der Waals surface area contributed by atoms with E-state index in [0.717, 1.165) is 16.8 Å². The molecule has 0 aliphatic rings. The van der Waals surface area contributed by atoms with E-state index in [1.807, 2.05) is 26.0 Å². The van der Waals surface area contributed by atoms with Gasteiger partial charge in [-0.2, -0.15) is 0 Å². The van der Waals surface area contributed by atoms with E-state index in [1.54, 1.807) is 67.7 Å². The van der Waals surface area contributed by atoms with Gasteiger partial charge in [-0.25, -0.2) is 8.42 Å². The predicted molar refractivity (Wildman–Crippen MR) is 134 cm³/mol. The molecule has 3 aromatic rings. The van der Waals surface area contributed by atoms with Crippen LogP contribution in [0.25, 0.3) is 0 Å². The summed E-state index contributed by atoms with van der Waals surface area (Å²) >= 11 is 0. The van der Waals surface area contributed by atoms with Crippen LogP contribution in [-0.2, 0) is 14.8 Å². The molecule has 0 spiro atoms. The minimum absolute atomic E-state index is 0.0879. The van der Waals surface area contributed by atoms with Gasteiger partial charge in [0.15, 0.2) is 0 Å². The smallest absolute Gasteiger partial charge is 0.264 e. The van der Waals surface area contributed by atoms with Crippen LogP contribution in [0.3, 0.4) is 0 Å². The molecular formula is C26H30N2O5S. The Morgan fingerprint density at radius 2 is 1.38 bits per heavy atom. The van der Waals surface area contributed by atoms with Crippen molar-refractivity contribution in [3.05, 3.63) is 83.9 Å². The van der Waals surface area contributed by atoms with Crippen LogP contribution in [0.4, 0.5) is 11.4 Å². The normalized spacial score (nSPS) is 12.1. The molecular weight excluding hydrogens is 452 g/mol. The molecule has 8 heteroatoms. The monoisotopic (exact) mass is 482 g/mol. The zero-order valence-electron chi connectivity index (χ0n) is 19.8. The minimum Gasteiger partial charge on any atom is -0.491 e. The van der Waals surface area contributed by atoms with E-state index >= 15 is 0 Å². The molecule has 0 saturated carbocycles. The van der Waals surface area contributed by atoms with Crippen molar-refractivity contribution in [3.8, 4) is 5.75 Å². The molecule has 0 aliphatic carbocycles. The van der Waals surface area contributed by atoms with E-state index in [9.17, 15) is 18.3 Å². The zero-order valence-corrected chi connectivity index (χ0v) is 20.6. The summed E-state index contributed by atoms with van der Waals surface area (Å²) in [5.41, 5.74) is 3.13. The van der Waals surface area contributed by atoms with Crippen molar-refractivity contribution in [1.82, 2.24) is 0 Å². The van der Waals surface area contributed by atoms with Gasteiger partial charge in [0, 0.05) is 19.7 Å². The number of aliphatic hydroxyl groups excluding tert-OH is 1. The fourth-order valence-corrected chi connectivity index (χ4v) is 4.78. The Hall–Kier alpha value is -3.36. The fourth-order valence-electron chi connectivity index (χ4n) is 3.28. The van der Waals surface area contributed by atoms with Crippen LogP contribution in [0, 0.1) is 13.8 Å². The van der Waals surface area contributed by atoms with Gasteiger partial charge in [0.2, 0.25) is 5.91 Å². The van der Waals surface area contributed by atoms with Crippen molar-refractivity contribution < 1.29 is 23.1 Å². The molecule has 1 atom stereocenters. The number of rotatable bonds is 9. The number of aryl methyl sites for hydroxylation is 2. The van der Waals surface area contributed by atoms with Crippen molar-refractivity contribution in [2.45, 2.75) is 31.8 Å². The molecule has 180 valence electrons. The van der Waals surface area contributed by atoms with Crippen molar-refractivity contribution in [3.63, 3.8) is 0 Å². The largest absolute Gasteiger partial charge is 0.491 e. The Labute approximate surface area is 201 Å². The van der Waals surface area contributed by atoms with Crippen molar-refractivity contribution >= 4 is 27.3 Å². The number of aliphatic hydroxyl groups is 1. The average molecular weight is 483 g/mol. The number of carbonyl (C=O) groups is 1. The summed E-state index contributed by atoms with van der Waals surface area (Å²) in [6.07, 6.45) is -1.08. The molecule has 3 aromatic carbocycles. The van der Waals surface area contributed by atoms with Crippen LogP contribution < -0.4 is 13.9 Å². The third-order valence-corrected chi connectivity index (χ3v) is 7.25. The van der Waals surface area contributed by atoms with Crippen LogP contribution in [-0.4, -0.2) is 45.7 Å². The van der Waals surface area contributed by atoms with E-state index < -0.39 is 16.1 Å². The number of nitrogens with zero attached hydrogens (tertiary/aromatic N) is 2. The van der Waals surface area contributed by atoms with Crippen LogP contribution in [0.1, 0.15) is 18.1 Å². The Morgan fingerprint density at radius 1 is 0.882 bits per heavy atom. The minimum atomic E-state index is -3.90. The van der Waals surface area contributed by atoms with Crippen LogP contribution in [0.5, 0.6) is 5.75 Å². The van der Waals surface area contributed by atoms with Crippen LogP contribution >= 0.6 is 0 Å². The first-order chi connectivity index (χ1) is 16.1. The van der Waals surface area contributed by atoms with Gasteiger partial charge >= 0.3 is 0 Å². The average Bonchev–Trinajstić information content (AvgIpc) is 2.82. The van der Waals surface area contributed by atoms with Gasteiger partial charge in [0.1, 0.15) is 18.5 Å². The molecule has 0 heterocycles. The standard InChI is InChI=1S/C26H30N2O5S/c1-19-5-9-23(10-6-19)28(34(31,32)26-15-7-20(2)8-16-26)17-24(30)18-33-25-13-11-22(12-14-25)27(4)21(3)29/h5-16,24,30H,17-18H2,1-4H3/t24-/m1/s1. The molecule has 34 heavy (non-hydrogen) atoms. The number of carbonyl (C=O) groups excluding carboxylic acids is 1. The second-order valence-corrected chi connectivity index (χ2v) is 10.1. The maximum absolute atomic E-state index is 13.4. The van der Waals surface area contributed by atoms with Gasteiger partial charge < -0.3 is 14.7 Å². The first-order valence-electron chi connectivity index (χ1n) is 10.9. The third-order valence-electron chi connectivity index (χ3n) is 5.45. The first-order valence-corrected chi connectivity index (χ1v) is 12.3. The number of ether oxygens (including phenoxy) is 1. The topological polar surface area (TPSA) is 87.2 Å². The highest BCUT2D eigenvalue weighted by molar-refractivity contribution is 7.92. The number of hydrogen-bond acceptors (Lipinski definition) is 5. The molecule has 0 radical (unpaired) electrons. The second kappa shape index (κ2) is 10.7. The van der Waals surface area contributed by atoms with Crippen LogP contribution in [0.15, 0.2) is 77.7 Å². The number of sulfonamides is 1. The SMILES string of the molecule is CC(=O)N(C)c1ccc(OC[C@H](O)CN(c2ccc(C)cc2)S(=O)(=O)c2ccc(C)cc2)cc1. The van der Waals surface area contributed by atoms with Crippen molar-refractivity contribution in [2.24, 2.45) is 0 Å². The number of benzene rings is 3. The lowest BCUT2D eigenvalue weighted by molar-refractivity contribution is -0.116. The molecule has 0 bridgehead atoms. The highest BCUT2D eigenvalue weighted by atomic mass is 32.2. The highest BCUT2D eigenvalue weighted by Crippen LogP contribution is 2.25. The summed E-state index contributed by atoms with van der Waals surface area (Å²) in [6.45, 7) is 5.01. The van der Waals surface area contributed by atoms with Gasteiger partial charge in [-0.15, -0.1) is 0 Å². The summed E-state index contributed by atoms with van der Waals surface area (Å²) in [5.74, 6) is 0.415. The molecule has 0 saturated heterocycles. The molecule has 0 fully saturated rings. The van der Waals surface area contributed by atoms with Gasteiger partial charge in [-0.3, -0.25) is 9.10 Å². The first kappa shape index (κ1) is 25.3. The summed E-state index contributed by atoms with van der Waals surface area (Å²) in [5, 5.41) is 10.7. The van der Waals surface area contributed by atoms with Crippen molar-refractivity contribution in [1.29, 1.82) is 0 Å². The molecule has 7 nitrogen and oxygen atoms in total. The van der Waals surface area contributed by atoms with E-state index in [1.165, 1.54) is 16.1 Å². The molecule has 0 aliphatic heterocycles.